The van der Waals surface area contributed by atoms with E-state index in [0.29, 0.717) is 0 Å². The van der Waals surface area contributed by atoms with Crippen molar-refractivity contribution >= 4 is 11.6 Å². The molecule has 1 fully saturated rings. The fourth-order valence-electron chi connectivity index (χ4n) is 3.31. The van der Waals surface area contributed by atoms with E-state index in [2.05, 4.69) is 55.1 Å². The van der Waals surface area contributed by atoms with Gasteiger partial charge in [-0.25, -0.2) is 0 Å². The minimum Gasteiger partial charge on any atom is -0.371 e. The molecule has 0 aliphatic carbocycles. The van der Waals surface area contributed by atoms with Gasteiger partial charge in [0.25, 0.3) is 0 Å². The van der Waals surface area contributed by atoms with Crippen molar-refractivity contribution in [1.82, 2.24) is 4.90 Å². The lowest BCUT2D eigenvalue weighted by molar-refractivity contribution is -0.0636. The predicted molar refractivity (Wildman–Crippen MR) is 95.9 cm³/mol. The SMILES string of the molecule is CC(C)(Cc1ccccc1)N1CCOC(c2cccc(Cl)c2)C1. The largest absolute Gasteiger partial charge is 0.371 e. The molecule has 0 radical (unpaired) electrons. The minimum atomic E-state index is 0.0949. The van der Waals surface area contributed by atoms with Gasteiger partial charge in [0.15, 0.2) is 0 Å². The van der Waals surface area contributed by atoms with Crippen molar-refractivity contribution in [3.05, 3.63) is 70.7 Å². The molecule has 0 spiro atoms. The van der Waals surface area contributed by atoms with Gasteiger partial charge in [0.1, 0.15) is 0 Å². The number of hydrogen-bond acceptors (Lipinski definition) is 2. The van der Waals surface area contributed by atoms with Gasteiger partial charge in [-0.2, -0.15) is 0 Å². The molecule has 2 aromatic rings. The number of hydrogen-bond donors (Lipinski definition) is 0. The van der Waals surface area contributed by atoms with Crippen molar-refractivity contribution < 1.29 is 4.74 Å². The average molecular weight is 330 g/mol. The van der Waals surface area contributed by atoms with Crippen LogP contribution >= 0.6 is 11.6 Å². The molecule has 0 saturated carbocycles. The summed E-state index contributed by atoms with van der Waals surface area (Å²) >= 11 is 6.13. The molecule has 2 nitrogen and oxygen atoms in total. The maximum Gasteiger partial charge on any atom is 0.0953 e. The average Bonchev–Trinajstić information content (AvgIpc) is 2.55. The van der Waals surface area contributed by atoms with Crippen LogP contribution in [0.4, 0.5) is 0 Å². The maximum absolute atomic E-state index is 6.13. The molecule has 1 atom stereocenters. The van der Waals surface area contributed by atoms with Gasteiger partial charge < -0.3 is 4.74 Å². The Balaban J connectivity index is 1.72. The molecule has 3 heteroatoms. The molecule has 1 aliphatic rings. The standard InChI is InChI=1S/C20H24ClNO/c1-20(2,14-16-7-4-3-5-8-16)22-11-12-23-19(15-22)17-9-6-10-18(21)13-17/h3-10,13,19H,11-12,14-15H2,1-2H3. The summed E-state index contributed by atoms with van der Waals surface area (Å²) in [5, 5.41) is 0.770. The van der Waals surface area contributed by atoms with Crippen LogP contribution in [0.5, 0.6) is 0 Å². The normalized spacial score (nSPS) is 19.7. The van der Waals surface area contributed by atoms with E-state index in [1.165, 1.54) is 5.56 Å². The molecule has 1 saturated heterocycles. The second kappa shape index (κ2) is 7.04. The zero-order valence-corrected chi connectivity index (χ0v) is 14.6. The maximum atomic E-state index is 6.13. The molecule has 1 aliphatic heterocycles. The van der Waals surface area contributed by atoms with Crippen molar-refractivity contribution in [3.63, 3.8) is 0 Å². The van der Waals surface area contributed by atoms with E-state index in [9.17, 15) is 0 Å². The smallest absolute Gasteiger partial charge is 0.0953 e. The number of nitrogens with zero attached hydrogens (tertiary/aromatic N) is 1. The highest BCUT2D eigenvalue weighted by Crippen LogP contribution is 2.29. The number of halogens is 1. The molecular formula is C20H24ClNO. The van der Waals surface area contributed by atoms with Crippen molar-refractivity contribution in [1.29, 1.82) is 0 Å². The summed E-state index contributed by atoms with van der Waals surface area (Å²) in [6.45, 7) is 7.27. The van der Waals surface area contributed by atoms with Gasteiger partial charge in [-0.1, -0.05) is 54.1 Å². The van der Waals surface area contributed by atoms with E-state index in [1.54, 1.807) is 0 Å². The van der Waals surface area contributed by atoms with Gasteiger partial charge in [-0.05, 0) is 43.5 Å². The van der Waals surface area contributed by atoms with Crippen LogP contribution in [0.1, 0.15) is 31.1 Å². The van der Waals surface area contributed by atoms with Crippen molar-refractivity contribution in [2.24, 2.45) is 0 Å². The van der Waals surface area contributed by atoms with Crippen LogP contribution in [-0.2, 0) is 11.2 Å². The van der Waals surface area contributed by atoms with Crippen molar-refractivity contribution in [2.45, 2.75) is 31.9 Å². The summed E-state index contributed by atoms with van der Waals surface area (Å²) in [6.07, 6.45) is 1.13. The van der Waals surface area contributed by atoms with E-state index < -0.39 is 0 Å². The fraction of sp³-hybridized carbons (Fsp3) is 0.400. The summed E-state index contributed by atoms with van der Waals surface area (Å²) in [5.74, 6) is 0. The van der Waals surface area contributed by atoms with Crippen molar-refractivity contribution in [2.75, 3.05) is 19.7 Å². The molecule has 0 bridgehead atoms. The molecular weight excluding hydrogens is 306 g/mol. The molecule has 0 amide bonds. The Hall–Kier alpha value is -1.35. The summed E-state index contributed by atoms with van der Waals surface area (Å²) in [7, 11) is 0. The topological polar surface area (TPSA) is 12.5 Å². The molecule has 2 aromatic carbocycles. The van der Waals surface area contributed by atoms with Crippen LogP contribution in [-0.4, -0.2) is 30.1 Å². The zero-order valence-electron chi connectivity index (χ0n) is 13.8. The monoisotopic (exact) mass is 329 g/mol. The van der Waals surface area contributed by atoms with Crippen LogP contribution in [0.2, 0.25) is 5.02 Å². The first-order chi connectivity index (χ1) is 11.0. The van der Waals surface area contributed by atoms with Crippen molar-refractivity contribution in [3.8, 4) is 0 Å². The third-order valence-electron chi connectivity index (χ3n) is 4.62. The van der Waals surface area contributed by atoms with Gasteiger partial charge in [0.05, 0.1) is 12.7 Å². The van der Waals surface area contributed by atoms with Crippen LogP contribution in [0.3, 0.4) is 0 Å². The highest BCUT2D eigenvalue weighted by atomic mass is 35.5. The quantitative estimate of drug-likeness (QED) is 0.803. The van der Waals surface area contributed by atoms with Crippen LogP contribution in [0.15, 0.2) is 54.6 Å². The molecule has 122 valence electrons. The molecule has 23 heavy (non-hydrogen) atoms. The van der Waals surface area contributed by atoms with E-state index in [-0.39, 0.29) is 11.6 Å². The molecule has 0 N–H and O–H groups in total. The lowest BCUT2D eigenvalue weighted by atomic mass is 9.91. The van der Waals surface area contributed by atoms with Gasteiger partial charge >= 0.3 is 0 Å². The number of benzene rings is 2. The lowest BCUT2D eigenvalue weighted by Crippen LogP contribution is -2.51. The summed E-state index contributed by atoms with van der Waals surface area (Å²) < 4.78 is 5.99. The highest BCUT2D eigenvalue weighted by Gasteiger charge is 2.32. The first-order valence-corrected chi connectivity index (χ1v) is 8.58. The Kier molecular flexibility index (Phi) is 5.05. The van der Waals surface area contributed by atoms with Gasteiger partial charge in [0.2, 0.25) is 0 Å². The van der Waals surface area contributed by atoms with Gasteiger partial charge in [0, 0.05) is 23.7 Å². The number of ether oxygens (including phenoxy) is 1. The Morgan fingerprint density at radius 2 is 1.91 bits per heavy atom. The molecule has 0 aromatic heterocycles. The Morgan fingerprint density at radius 1 is 1.13 bits per heavy atom. The Bertz CT molecular complexity index is 641. The zero-order chi connectivity index (χ0) is 16.3. The summed E-state index contributed by atoms with van der Waals surface area (Å²) in [4.78, 5) is 2.54. The number of morpholine rings is 1. The van der Waals surface area contributed by atoms with E-state index in [1.807, 2.05) is 18.2 Å². The highest BCUT2D eigenvalue weighted by molar-refractivity contribution is 6.30. The predicted octanol–water partition coefficient (Wildman–Crippen LogP) is 4.73. The Morgan fingerprint density at radius 3 is 2.65 bits per heavy atom. The lowest BCUT2D eigenvalue weighted by Gasteiger charge is -2.44. The summed E-state index contributed by atoms with van der Waals surface area (Å²) in [6, 6.07) is 18.7. The van der Waals surface area contributed by atoms with Crippen LogP contribution in [0.25, 0.3) is 0 Å². The second-order valence-electron chi connectivity index (χ2n) is 6.84. The van der Waals surface area contributed by atoms with E-state index in [4.69, 9.17) is 16.3 Å². The second-order valence-corrected chi connectivity index (χ2v) is 7.27. The van der Waals surface area contributed by atoms with Crippen LogP contribution < -0.4 is 0 Å². The van der Waals surface area contributed by atoms with E-state index >= 15 is 0 Å². The van der Waals surface area contributed by atoms with Crippen LogP contribution in [0, 0.1) is 0 Å². The third-order valence-corrected chi connectivity index (χ3v) is 4.86. The minimum absolute atomic E-state index is 0.0949. The first-order valence-electron chi connectivity index (χ1n) is 8.21. The third kappa shape index (κ3) is 4.14. The molecule has 1 unspecified atom stereocenters. The molecule has 1 heterocycles. The van der Waals surface area contributed by atoms with E-state index in [0.717, 1.165) is 36.7 Å². The Labute approximate surface area is 144 Å². The van der Waals surface area contributed by atoms with Gasteiger partial charge in [-0.15, -0.1) is 0 Å². The first kappa shape index (κ1) is 16.5. The molecule has 3 rings (SSSR count). The van der Waals surface area contributed by atoms with Gasteiger partial charge in [-0.3, -0.25) is 4.90 Å². The number of rotatable bonds is 4. The summed E-state index contributed by atoms with van der Waals surface area (Å²) in [5.41, 5.74) is 2.64. The fourth-order valence-corrected chi connectivity index (χ4v) is 3.51.